The highest BCUT2D eigenvalue weighted by molar-refractivity contribution is 5.89. The van der Waals surface area contributed by atoms with Gasteiger partial charge in [-0.15, -0.1) is 0 Å². The molecule has 1 aromatic rings. The van der Waals surface area contributed by atoms with Crippen molar-refractivity contribution in [2.24, 2.45) is 5.73 Å². The molecule has 1 saturated heterocycles. The number of likely N-dealkylation sites (tertiary alicyclic amines) is 1. The highest BCUT2D eigenvalue weighted by Gasteiger charge is 2.11. The maximum absolute atomic E-state index is 11.1. The zero-order valence-electron chi connectivity index (χ0n) is 13.3. The molecule has 1 heterocycles. The summed E-state index contributed by atoms with van der Waals surface area (Å²) in [5.74, 6) is -0.252. The van der Waals surface area contributed by atoms with Crippen molar-refractivity contribution < 1.29 is 9.53 Å². The first-order chi connectivity index (χ1) is 10.6. The van der Waals surface area contributed by atoms with Crippen molar-refractivity contribution in [1.29, 1.82) is 5.41 Å². The molecule has 0 aromatic heterocycles. The van der Waals surface area contributed by atoms with Gasteiger partial charge in [0.05, 0.1) is 17.9 Å². The van der Waals surface area contributed by atoms with Crippen LogP contribution in [0.15, 0.2) is 36.2 Å². The Morgan fingerprint density at radius 2 is 1.91 bits per heavy atom. The molecule has 3 N–H and O–H groups in total. The second-order valence-corrected chi connectivity index (χ2v) is 5.02. The van der Waals surface area contributed by atoms with E-state index in [0.717, 1.165) is 24.4 Å². The Morgan fingerprint density at radius 3 is 2.36 bits per heavy atom. The Morgan fingerprint density at radius 1 is 1.32 bits per heavy atom. The van der Waals surface area contributed by atoms with Crippen molar-refractivity contribution in [2.75, 3.05) is 19.7 Å². The first-order valence-electron chi connectivity index (χ1n) is 7.53. The average Bonchev–Trinajstić information content (AvgIpc) is 3.04. The van der Waals surface area contributed by atoms with Crippen molar-refractivity contribution >= 4 is 12.2 Å². The van der Waals surface area contributed by atoms with Crippen molar-refractivity contribution in [3.05, 3.63) is 47.3 Å². The molecule has 120 valence electrons. The van der Waals surface area contributed by atoms with E-state index in [-0.39, 0.29) is 5.97 Å². The minimum atomic E-state index is -0.252. The van der Waals surface area contributed by atoms with E-state index in [9.17, 15) is 4.79 Å². The summed E-state index contributed by atoms with van der Waals surface area (Å²) in [6.07, 6.45) is 5.26. The van der Waals surface area contributed by atoms with Crippen LogP contribution in [0.4, 0.5) is 0 Å². The van der Waals surface area contributed by atoms with Crippen LogP contribution in [0.25, 0.3) is 0 Å². The van der Waals surface area contributed by atoms with Crippen LogP contribution in [0.3, 0.4) is 0 Å². The number of nitrogens with one attached hydrogen (secondary N) is 1. The zero-order chi connectivity index (χ0) is 16.4. The molecule has 1 aliphatic rings. The van der Waals surface area contributed by atoms with Crippen molar-refractivity contribution in [2.45, 2.75) is 26.7 Å². The number of carbonyl (C=O) groups is 1. The van der Waals surface area contributed by atoms with Crippen LogP contribution < -0.4 is 5.73 Å². The van der Waals surface area contributed by atoms with E-state index < -0.39 is 0 Å². The number of ether oxygens (including phenoxy) is 1. The van der Waals surface area contributed by atoms with Crippen molar-refractivity contribution in [3.63, 3.8) is 0 Å². The number of benzene rings is 1. The number of allylic oxidation sites excluding steroid dienone is 1. The monoisotopic (exact) mass is 303 g/mol. The van der Waals surface area contributed by atoms with Gasteiger partial charge in [0.1, 0.15) is 0 Å². The van der Waals surface area contributed by atoms with E-state index in [4.69, 9.17) is 15.9 Å². The number of aryl methyl sites for hydroxylation is 1. The highest BCUT2D eigenvalue weighted by atomic mass is 16.5. The second kappa shape index (κ2) is 9.60. The van der Waals surface area contributed by atoms with Gasteiger partial charge in [-0.2, -0.15) is 0 Å². The minimum absolute atomic E-state index is 0.252. The Labute approximate surface area is 132 Å². The van der Waals surface area contributed by atoms with E-state index >= 15 is 0 Å². The lowest BCUT2D eigenvalue weighted by atomic mass is 10.1. The van der Waals surface area contributed by atoms with Gasteiger partial charge in [0.2, 0.25) is 0 Å². The summed E-state index contributed by atoms with van der Waals surface area (Å²) >= 11 is 0. The number of hydrogen-bond donors (Lipinski definition) is 2. The molecule has 1 aromatic carbocycles. The molecule has 5 heteroatoms. The van der Waals surface area contributed by atoms with E-state index in [2.05, 4.69) is 4.90 Å². The molecule has 0 saturated carbocycles. The van der Waals surface area contributed by atoms with Gasteiger partial charge in [-0.05, 0) is 38.8 Å². The van der Waals surface area contributed by atoms with Gasteiger partial charge in [-0.25, -0.2) is 4.79 Å². The third kappa shape index (κ3) is 5.60. The molecule has 1 fully saturated rings. The van der Waals surface area contributed by atoms with Gasteiger partial charge in [0.25, 0.3) is 0 Å². The standard InChI is InChI=1S/C10H12O2.C7H13N3/c1-3-12-10(11)9-6-4-8(2)5-7-9;8-5-7(6-9)10-3-1-2-4-10/h4-7H,3H2,1-2H3;5-6,8H,1-4,9H2/b;7-6+,8-5?. The number of nitrogens with zero attached hydrogens (tertiary/aromatic N) is 1. The molecule has 5 nitrogen and oxygen atoms in total. The molecular weight excluding hydrogens is 278 g/mol. The van der Waals surface area contributed by atoms with Crippen LogP contribution in [-0.2, 0) is 4.74 Å². The van der Waals surface area contributed by atoms with E-state index in [1.807, 2.05) is 19.1 Å². The van der Waals surface area contributed by atoms with E-state index in [0.29, 0.717) is 12.2 Å². The van der Waals surface area contributed by atoms with Gasteiger partial charge in [0.15, 0.2) is 0 Å². The van der Waals surface area contributed by atoms with Gasteiger partial charge >= 0.3 is 5.97 Å². The summed E-state index contributed by atoms with van der Waals surface area (Å²) in [7, 11) is 0. The third-order valence-corrected chi connectivity index (χ3v) is 3.35. The Hall–Kier alpha value is -2.30. The molecule has 1 aliphatic heterocycles. The highest BCUT2D eigenvalue weighted by Crippen LogP contribution is 2.11. The molecular formula is C17H25N3O2. The lowest BCUT2D eigenvalue weighted by Gasteiger charge is -2.16. The second-order valence-electron chi connectivity index (χ2n) is 5.02. The van der Waals surface area contributed by atoms with Crippen LogP contribution in [0, 0.1) is 12.3 Å². The summed E-state index contributed by atoms with van der Waals surface area (Å²) in [6, 6.07) is 7.33. The predicted octanol–water partition coefficient (Wildman–Crippen LogP) is 2.70. The number of carbonyl (C=O) groups excluding carboxylic acids is 1. The van der Waals surface area contributed by atoms with Crippen LogP contribution in [0.2, 0.25) is 0 Å². The first-order valence-corrected chi connectivity index (χ1v) is 7.53. The van der Waals surface area contributed by atoms with Crippen LogP contribution in [-0.4, -0.2) is 36.8 Å². The summed E-state index contributed by atoms with van der Waals surface area (Å²) in [5, 5.41) is 7.01. The fourth-order valence-corrected chi connectivity index (χ4v) is 2.12. The normalized spacial score (nSPS) is 14.1. The van der Waals surface area contributed by atoms with Gasteiger partial charge in [0, 0.05) is 25.5 Å². The van der Waals surface area contributed by atoms with E-state index in [1.54, 1.807) is 19.1 Å². The maximum atomic E-state index is 11.1. The molecule has 22 heavy (non-hydrogen) atoms. The summed E-state index contributed by atoms with van der Waals surface area (Å²) in [5.41, 5.74) is 7.91. The fraction of sp³-hybridized carbons (Fsp3) is 0.412. The van der Waals surface area contributed by atoms with Crippen LogP contribution in [0.1, 0.15) is 35.7 Å². The topological polar surface area (TPSA) is 79.4 Å². The minimum Gasteiger partial charge on any atom is -0.462 e. The van der Waals surface area contributed by atoms with Gasteiger partial charge < -0.3 is 20.8 Å². The predicted molar refractivity (Wildman–Crippen MR) is 89.0 cm³/mol. The SMILES string of the molecule is CCOC(=O)c1ccc(C)cc1.N=C/C(=C\N)N1CCCC1. The number of hydrogen-bond acceptors (Lipinski definition) is 5. The summed E-state index contributed by atoms with van der Waals surface area (Å²) < 4.78 is 4.83. The lowest BCUT2D eigenvalue weighted by Crippen LogP contribution is -2.20. The smallest absolute Gasteiger partial charge is 0.338 e. The van der Waals surface area contributed by atoms with Gasteiger partial charge in [-0.1, -0.05) is 17.7 Å². The number of rotatable bonds is 4. The molecule has 0 atom stereocenters. The molecule has 0 spiro atoms. The zero-order valence-corrected chi connectivity index (χ0v) is 13.3. The van der Waals surface area contributed by atoms with Crippen LogP contribution >= 0.6 is 0 Å². The lowest BCUT2D eigenvalue weighted by molar-refractivity contribution is 0.0526. The first kappa shape index (κ1) is 17.8. The van der Waals surface area contributed by atoms with E-state index in [1.165, 1.54) is 25.3 Å². The maximum Gasteiger partial charge on any atom is 0.338 e. The Balaban J connectivity index is 0.000000224. The third-order valence-electron chi connectivity index (χ3n) is 3.35. The molecule has 0 radical (unpaired) electrons. The number of esters is 1. The van der Waals surface area contributed by atoms with Gasteiger partial charge in [-0.3, -0.25) is 0 Å². The average molecular weight is 303 g/mol. The molecule has 0 unspecified atom stereocenters. The molecule has 0 amide bonds. The molecule has 0 bridgehead atoms. The molecule has 0 aliphatic carbocycles. The summed E-state index contributed by atoms with van der Waals surface area (Å²) in [4.78, 5) is 13.3. The number of nitrogens with two attached hydrogens (primary N) is 1. The summed E-state index contributed by atoms with van der Waals surface area (Å²) in [6.45, 7) is 6.31. The Kier molecular flexibility index (Phi) is 7.75. The fourth-order valence-electron chi connectivity index (χ4n) is 2.12. The largest absolute Gasteiger partial charge is 0.462 e. The van der Waals surface area contributed by atoms with Crippen molar-refractivity contribution in [1.82, 2.24) is 4.90 Å². The van der Waals surface area contributed by atoms with Crippen molar-refractivity contribution in [3.8, 4) is 0 Å². The van der Waals surface area contributed by atoms with Crippen LogP contribution in [0.5, 0.6) is 0 Å². The molecule has 2 rings (SSSR count). The Bertz CT molecular complexity index is 503. The quantitative estimate of drug-likeness (QED) is 0.662.